The summed E-state index contributed by atoms with van der Waals surface area (Å²) in [5.74, 6) is -1.05. The van der Waals surface area contributed by atoms with Gasteiger partial charge in [-0.25, -0.2) is 0 Å². The molecule has 0 bridgehead atoms. The van der Waals surface area contributed by atoms with Gasteiger partial charge < -0.3 is 14.2 Å². The van der Waals surface area contributed by atoms with Gasteiger partial charge in [0.15, 0.2) is 6.10 Å². The number of hydrogen-bond donors (Lipinski definition) is 0. The SMILES string of the molecule is CC/C=C/C/C=C/C/C=C/C/C=C/C/C=C/CCCC(=O)OCC(COC(=O)CCCCCCCCCCCCCCC)OC(=O)CCC/C=C/C/C=C/C/C=C/C/C=C/C/C=C/CC. The molecule has 6 heteroatoms. The molecule has 0 N–H and O–H groups in total. The van der Waals surface area contributed by atoms with Crippen molar-refractivity contribution in [2.75, 3.05) is 13.2 Å². The standard InChI is InChI=1S/C59H94O6/c1-4-7-10-13-16-19-22-25-27-29-31-34-37-40-43-46-49-52-58(61)64-55-56(54-63-57(60)51-48-45-42-39-36-33-24-21-18-15-12-9-6-3)65-59(62)53-50-47-44-41-38-35-32-30-28-26-23-20-17-14-11-8-5-2/h7-8,10-11,16-17,19-20,25-28,31-32,34-35,40-41,43-44,56H,4-6,9,12-15,18,21-24,29-30,33,36-39,42,45-55H2,1-3H3/b10-7+,11-8+,19-16+,20-17+,27-25+,28-26+,34-31+,35-32+,43-40+,44-41+. The highest BCUT2D eigenvalue weighted by Crippen LogP contribution is 2.14. The summed E-state index contributed by atoms with van der Waals surface area (Å²) in [6, 6.07) is 0. The highest BCUT2D eigenvalue weighted by atomic mass is 16.6. The summed E-state index contributed by atoms with van der Waals surface area (Å²) in [5, 5.41) is 0. The number of allylic oxidation sites excluding steroid dienone is 20. The number of carbonyl (C=O) groups excluding carboxylic acids is 3. The van der Waals surface area contributed by atoms with Crippen LogP contribution in [0, 0.1) is 0 Å². The average molecular weight is 899 g/mol. The van der Waals surface area contributed by atoms with Crippen molar-refractivity contribution in [3.05, 3.63) is 122 Å². The zero-order chi connectivity index (χ0) is 47.2. The summed E-state index contributed by atoms with van der Waals surface area (Å²) in [6.45, 7) is 6.30. The molecule has 0 saturated carbocycles. The molecule has 1 unspecified atom stereocenters. The van der Waals surface area contributed by atoms with E-state index in [1.165, 1.54) is 64.2 Å². The Morgan fingerprint density at radius 1 is 0.323 bits per heavy atom. The highest BCUT2D eigenvalue weighted by Gasteiger charge is 2.19. The second-order valence-corrected chi connectivity index (χ2v) is 16.7. The van der Waals surface area contributed by atoms with Crippen molar-refractivity contribution in [1.82, 2.24) is 0 Å². The van der Waals surface area contributed by atoms with E-state index in [0.29, 0.717) is 19.3 Å². The van der Waals surface area contributed by atoms with Gasteiger partial charge in [-0.3, -0.25) is 14.4 Å². The van der Waals surface area contributed by atoms with Gasteiger partial charge in [0.1, 0.15) is 13.2 Å². The molecule has 0 amide bonds. The van der Waals surface area contributed by atoms with Crippen molar-refractivity contribution >= 4 is 17.9 Å². The monoisotopic (exact) mass is 899 g/mol. The highest BCUT2D eigenvalue weighted by molar-refractivity contribution is 5.71. The van der Waals surface area contributed by atoms with E-state index in [9.17, 15) is 14.4 Å². The van der Waals surface area contributed by atoms with E-state index < -0.39 is 6.10 Å². The molecule has 6 nitrogen and oxygen atoms in total. The fraction of sp³-hybridized carbons (Fsp3) is 0.610. The summed E-state index contributed by atoms with van der Waals surface area (Å²) < 4.78 is 16.7. The fourth-order valence-electron chi connectivity index (χ4n) is 6.63. The molecule has 0 aromatic rings. The summed E-state index contributed by atoms with van der Waals surface area (Å²) in [5.41, 5.74) is 0. The molecule has 65 heavy (non-hydrogen) atoms. The molecule has 0 aromatic heterocycles. The second-order valence-electron chi connectivity index (χ2n) is 16.7. The van der Waals surface area contributed by atoms with E-state index in [0.717, 1.165) is 96.3 Å². The van der Waals surface area contributed by atoms with E-state index in [2.05, 4.69) is 142 Å². The van der Waals surface area contributed by atoms with Crippen molar-refractivity contribution < 1.29 is 28.6 Å². The van der Waals surface area contributed by atoms with Crippen LogP contribution in [-0.2, 0) is 28.6 Å². The van der Waals surface area contributed by atoms with Crippen LogP contribution in [0.1, 0.15) is 213 Å². The topological polar surface area (TPSA) is 78.9 Å². The first kappa shape index (κ1) is 60.8. The molecule has 0 radical (unpaired) electrons. The Kier molecular flexibility index (Phi) is 49.1. The summed E-state index contributed by atoms with van der Waals surface area (Å²) in [6.07, 6.45) is 71.9. The molecular formula is C59H94O6. The Balaban J connectivity index is 4.59. The second kappa shape index (κ2) is 52.4. The van der Waals surface area contributed by atoms with Crippen LogP contribution in [0.5, 0.6) is 0 Å². The molecule has 0 aromatic carbocycles. The first-order valence-corrected chi connectivity index (χ1v) is 26.0. The van der Waals surface area contributed by atoms with Gasteiger partial charge in [-0.15, -0.1) is 0 Å². The van der Waals surface area contributed by atoms with Gasteiger partial charge in [-0.1, -0.05) is 219 Å². The van der Waals surface area contributed by atoms with E-state index in [4.69, 9.17) is 14.2 Å². The first-order valence-electron chi connectivity index (χ1n) is 26.0. The van der Waals surface area contributed by atoms with Crippen molar-refractivity contribution in [3.8, 4) is 0 Å². The minimum absolute atomic E-state index is 0.120. The van der Waals surface area contributed by atoms with Crippen molar-refractivity contribution in [3.63, 3.8) is 0 Å². The van der Waals surface area contributed by atoms with Crippen molar-refractivity contribution in [1.29, 1.82) is 0 Å². The van der Waals surface area contributed by atoms with Crippen LogP contribution >= 0.6 is 0 Å². The first-order chi connectivity index (χ1) is 32.0. The van der Waals surface area contributed by atoms with Crippen LogP contribution in [0.2, 0.25) is 0 Å². The van der Waals surface area contributed by atoms with Gasteiger partial charge in [0.2, 0.25) is 0 Å². The van der Waals surface area contributed by atoms with Crippen LogP contribution in [0.4, 0.5) is 0 Å². The third-order valence-electron chi connectivity index (χ3n) is 10.5. The van der Waals surface area contributed by atoms with Gasteiger partial charge >= 0.3 is 17.9 Å². The largest absolute Gasteiger partial charge is 0.462 e. The smallest absolute Gasteiger partial charge is 0.306 e. The van der Waals surface area contributed by atoms with Gasteiger partial charge in [-0.05, 0) is 96.3 Å². The third kappa shape index (κ3) is 50.7. The van der Waals surface area contributed by atoms with E-state index in [-0.39, 0.29) is 44.0 Å². The quantitative estimate of drug-likeness (QED) is 0.0262. The molecule has 0 fully saturated rings. The molecule has 0 rings (SSSR count). The summed E-state index contributed by atoms with van der Waals surface area (Å²) in [4.78, 5) is 38.0. The molecule has 0 heterocycles. The molecule has 0 spiro atoms. The van der Waals surface area contributed by atoms with Gasteiger partial charge in [-0.2, -0.15) is 0 Å². The average Bonchev–Trinajstić information content (AvgIpc) is 3.30. The predicted octanol–water partition coefficient (Wildman–Crippen LogP) is 17.3. The molecule has 1 atom stereocenters. The van der Waals surface area contributed by atoms with Crippen LogP contribution < -0.4 is 0 Å². The Hall–Kier alpha value is -4.19. The van der Waals surface area contributed by atoms with Gasteiger partial charge in [0, 0.05) is 19.3 Å². The lowest BCUT2D eigenvalue weighted by atomic mass is 10.0. The Labute approximate surface area is 399 Å². The minimum atomic E-state index is -0.832. The Morgan fingerprint density at radius 2 is 0.600 bits per heavy atom. The minimum Gasteiger partial charge on any atom is -0.462 e. The molecule has 0 saturated heterocycles. The zero-order valence-corrected chi connectivity index (χ0v) is 41.7. The summed E-state index contributed by atoms with van der Waals surface area (Å²) >= 11 is 0. The lowest BCUT2D eigenvalue weighted by molar-refractivity contribution is -0.167. The maximum atomic E-state index is 12.8. The maximum Gasteiger partial charge on any atom is 0.306 e. The van der Waals surface area contributed by atoms with Crippen LogP contribution in [0.3, 0.4) is 0 Å². The third-order valence-corrected chi connectivity index (χ3v) is 10.5. The lowest BCUT2D eigenvalue weighted by Gasteiger charge is -2.18. The van der Waals surface area contributed by atoms with Gasteiger partial charge in [0.25, 0.3) is 0 Å². The molecule has 0 aliphatic heterocycles. The number of carbonyl (C=O) groups is 3. The van der Waals surface area contributed by atoms with Crippen LogP contribution in [-0.4, -0.2) is 37.2 Å². The van der Waals surface area contributed by atoms with E-state index in [1.807, 2.05) is 0 Å². The normalized spacial score (nSPS) is 13.1. The Morgan fingerprint density at radius 3 is 0.938 bits per heavy atom. The molecular weight excluding hydrogens is 805 g/mol. The zero-order valence-electron chi connectivity index (χ0n) is 41.7. The number of esters is 3. The number of hydrogen-bond acceptors (Lipinski definition) is 6. The van der Waals surface area contributed by atoms with Crippen LogP contribution in [0.25, 0.3) is 0 Å². The van der Waals surface area contributed by atoms with Crippen LogP contribution in [0.15, 0.2) is 122 Å². The Bertz CT molecular complexity index is 1400. The van der Waals surface area contributed by atoms with E-state index in [1.54, 1.807) is 0 Å². The number of ether oxygens (including phenoxy) is 3. The van der Waals surface area contributed by atoms with Crippen molar-refractivity contribution in [2.24, 2.45) is 0 Å². The number of rotatable bonds is 45. The van der Waals surface area contributed by atoms with Gasteiger partial charge in [0.05, 0.1) is 0 Å². The predicted molar refractivity (Wildman–Crippen MR) is 279 cm³/mol. The number of unbranched alkanes of at least 4 members (excludes halogenated alkanes) is 14. The maximum absolute atomic E-state index is 12.8. The lowest BCUT2D eigenvalue weighted by Crippen LogP contribution is -2.30. The fourth-order valence-corrected chi connectivity index (χ4v) is 6.63. The van der Waals surface area contributed by atoms with Crippen molar-refractivity contribution in [2.45, 2.75) is 219 Å². The molecule has 366 valence electrons. The van der Waals surface area contributed by atoms with E-state index >= 15 is 0 Å². The summed E-state index contributed by atoms with van der Waals surface area (Å²) in [7, 11) is 0. The molecule has 0 aliphatic rings. The molecule has 0 aliphatic carbocycles.